The largest absolute Gasteiger partial charge is 0.467 e. The number of H-pyrrole nitrogens is 1. The van der Waals surface area contributed by atoms with Gasteiger partial charge in [0.15, 0.2) is 0 Å². The van der Waals surface area contributed by atoms with E-state index in [4.69, 9.17) is 4.74 Å². The molecule has 4 rings (SSSR count). The van der Waals surface area contributed by atoms with Crippen LogP contribution in [-0.4, -0.2) is 39.8 Å². The molecule has 1 amide bonds. The molecule has 2 aromatic heterocycles. The molecule has 158 valence electrons. The molecule has 0 spiro atoms. The van der Waals surface area contributed by atoms with Crippen molar-refractivity contribution in [1.82, 2.24) is 20.1 Å². The van der Waals surface area contributed by atoms with Crippen molar-refractivity contribution in [2.24, 2.45) is 0 Å². The zero-order valence-corrected chi connectivity index (χ0v) is 17.7. The van der Waals surface area contributed by atoms with E-state index in [0.29, 0.717) is 17.7 Å². The first kappa shape index (κ1) is 20.4. The molecule has 7 nitrogen and oxygen atoms in total. The molecule has 0 saturated heterocycles. The van der Waals surface area contributed by atoms with E-state index in [2.05, 4.69) is 15.4 Å². The second-order valence-corrected chi connectivity index (χ2v) is 7.45. The van der Waals surface area contributed by atoms with E-state index >= 15 is 0 Å². The molecule has 2 aromatic carbocycles. The average molecular weight is 416 g/mol. The summed E-state index contributed by atoms with van der Waals surface area (Å²) >= 11 is 0. The van der Waals surface area contributed by atoms with Gasteiger partial charge in [0.1, 0.15) is 6.04 Å². The van der Waals surface area contributed by atoms with Crippen molar-refractivity contribution in [2.45, 2.75) is 26.3 Å². The van der Waals surface area contributed by atoms with Crippen molar-refractivity contribution >= 4 is 22.8 Å². The number of esters is 1. The number of nitrogens with zero attached hydrogens (tertiary/aromatic N) is 2. The van der Waals surface area contributed by atoms with E-state index in [1.54, 1.807) is 4.68 Å². The summed E-state index contributed by atoms with van der Waals surface area (Å²) in [6.07, 6.45) is 3.69. The minimum atomic E-state index is -0.821. The molecular formula is C24H24N4O3. The lowest BCUT2D eigenvalue weighted by molar-refractivity contribution is -0.142. The van der Waals surface area contributed by atoms with Gasteiger partial charge in [-0.05, 0) is 37.1 Å². The highest BCUT2D eigenvalue weighted by atomic mass is 16.5. The van der Waals surface area contributed by atoms with Crippen molar-refractivity contribution in [1.29, 1.82) is 0 Å². The fourth-order valence-corrected chi connectivity index (χ4v) is 3.77. The van der Waals surface area contributed by atoms with E-state index in [0.717, 1.165) is 27.7 Å². The fraction of sp³-hybridized carbons (Fsp3) is 0.208. The average Bonchev–Trinajstić information content (AvgIpc) is 3.36. The third kappa shape index (κ3) is 3.94. The number of ether oxygens (including phenoxy) is 1. The number of methoxy groups -OCH3 is 1. The Morgan fingerprint density at radius 3 is 2.65 bits per heavy atom. The van der Waals surface area contributed by atoms with E-state index in [-0.39, 0.29) is 5.91 Å². The highest BCUT2D eigenvalue weighted by molar-refractivity contribution is 5.98. The molecule has 2 heterocycles. The van der Waals surface area contributed by atoms with Crippen LogP contribution in [0.15, 0.2) is 60.9 Å². The van der Waals surface area contributed by atoms with E-state index < -0.39 is 12.0 Å². The summed E-state index contributed by atoms with van der Waals surface area (Å²) in [5.41, 5.74) is 4.97. The first-order chi connectivity index (χ1) is 15.0. The number of aryl methyl sites for hydroxylation is 1. The van der Waals surface area contributed by atoms with Gasteiger partial charge in [-0.1, -0.05) is 36.4 Å². The predicted molar refractivity (Wildman–Crippen MR) is 118 cm³/mol. The van der Waals surface area contributed by atoms with Crippen LogP contribution in [0.5, 0.6) is 0 Å². The van der Waals surface area contributed by atoms with Crippen LogP contribution in [0.1, 0.15) is 27.2 Å². The zero-order valence-electron chi connectivity index (χ0n) is 17.7. The normalized spacial score (nSPS) is 12.0. The Bertz CT molecular complexity index is 1250. The van der Waals surface area contributed by atoms with Crippen LogP contribution in [0.2, 0.25) is 0 Å². The molecule has 0 aliphatic rings. The molecule has 4 aromatic rings. The van der Waals surface area contributed by atoms with E-state index in [9.17, 15) is 9.59 Å². The van der Waals surface area contributed by atoms with Crippen molar-refractivity contribution in [3.63, 3.8) is 0 Å². The third-order valence-electron chi connectivity index (χ3n) is 5.49. The number of fused-ring (bicyclic) bond motifs is 1. The van der Waals surface area contributed by atoms with Crippen molar-refractivity contribution < 1.29 is 14.3 Å². The number of aromatic amines is 1. The second kappa shape index (κ2) is 8.47. The lowest BCUT2D eigenvalue weighted by Crippen LogP contribution is -2.43. The first-order valence-electron chi connectivity index (χ1n) is 10.0. The monoisotopic (exact) mass is 416 g/mol. The quantitative estimate of drug-likeness (QED) is 0.471. The summed E-state index contributed by atoms with van der Waals surface area (Å²) in [6, 6.07) is 14.8. The maximum absolute atomic E-state index is 13.0. The standard InChI is InChI=1S/C24H24N4O3/c1-15-8-4-7-11-22(15)28-16(2)19(14-26-28)23(29)27-21(24(30)31-3)12-17-13-25-20-10-6-5-9-18(17)20/h4-11,13-14,21,25H,12H2,1-3H3,(H,27,29)/t21-/m1/s1. The summed E-state index contributed by atoms with van der Waals surface area (Å²) < 4.78 is 6.68. The number of benzene rings is 2. The van der Waals surface area contributed by atoms with Gasteiger partial charge in [0.25, 0.3) is 5.91 Å². The van der Waals surface area contributed by atoms with Crippen molar-refractivity contribution in [3.8, 4) is 5.69 Å². The Balaban J connectivity index is 1.59. The lowest BCUT2D eigenvalue weighted by atomic mass is 10.0. The number of para-hydroxylation sites is 2. The number of amides is 1. The Kier molecular flexibility index (Phi) is 5.58. The highest BCUT2D eigenvalue weighted by Crippen LogP contribution is 2.21. The molecule has 1 atom stereocenters. The minimum absolute atomic E-state index is 0.313. The van der Waals surface area contributed by atoms with Crippen LogP contribution >= 0.6 is 0 Å². The second-order valence-electron chi connectivity index (χ2n) is 7.45. The minimum Gasteiger partial charge on any atom is -0.467 e. The molecule has 0 bridgehead atoms. The van der Waals surface area contributed by atoms with Crippen LogP contribution in [0.25, 0.3) is 16.6 Å². The van der Waals surface area contributed by atoms with Crippen molar-refractivity contribution in [3.05, 3.63) is 83.3 Å². The van der Waals surface area contributed by atoms with Gasteiger partial charge in [0.2, 0.25) is 0 Å². The number of hydrogen-bond donors (Lipinski definition) is 2. The topological polar surface area (TPSA) is 89.0 Å². The molecule has 0 radical (unpaired) electrons. The molecule has 0 aliphatic carbocycles. The smallest absolute Gasteiger partial charge is 0.328 e. The maximum atomic E-state index is 13.0. The fourth-order valence-electron chi connectivity index (χ4n) is 3.77. The van der Waals surface area contributed by atoms with Gasteiger partial charge in [0, 0.05) is 23.5 Å². The lowest BCUT2D eigenvalue weighted by Gasteiger charge is -2.16. The summed E-state index contributed by atoms with van der Waals surface area (Å²) in [5.74, 6) is -0.866. The summed E-state index contributed by atoms with van der Waals surface area (Å²) in [4.78, 5) is 28.7. The zero-order chi connectivity index (χ0) is 22.0. The van der Waals surface area contributed by atoms with Gasteiger partial charge in [-0.25, -0.2) is 9.48 Å². The molecular weight excluding hydrogens is 392 g/mol. The van der Waals surface area contributed by atoms with Crippen LogP contribution in [0.4, 0.5) is 0 Å². The van der Waals surface area contributed by atoms with Gasteiger partial charge >= 0.3 is 5.97 Å². The molecule has 7 heteroatoms. The van der Waals surface area contributed by atoms with Gasteiger partial charge < -0.3 is 15.0 Å². The Morgan fingerprint density at radius 1 is 1.13 bits per heavy atom. The number of carbonyl (C=O) groups excluding carboxylic acids is 2. The summed E-state index contributed by atoms with van der Waals surface area (Å²) in [5, 5.41) is 8.23. The van der Waals surface area contributed by atoms with Gasteiger partial charge in [-0.2, -0.15) is 5.10 Å². The summed E-state index contributed by atoms with van der Waals surface area (Å²) in [7, 11) is 1.32. The van der Waals surface area contributed by atoms with Gasteiger partial charge in [-0.15, -0.1) is 0 Å². The molecule has 0 aliphatic heterocycles. The van der Waals surface area contributed by atoms with E-state index in [1.165, 1.54) is 13.3 Å². The first-order valence-corrected chi connectivity index (χ1v) is 10.0. The number of aromatic nitrogens is 3. The SMILES string of the molecule is COC(=O)[C@@H](Cc1c[nH]c2ccccc12)NC(=O)c1cnn(-c2ccccc2C)c1C. The Labute approximate surface area is 180 Å². The van der Waals surface area contributed by atoms with Gasteiger partial charge in [-0.3, -0.25) is 4.79 Å². The van der Waals surface area contributed by atoms with Gasteiger partial charge in [0.05, 0.1) is 30.3 Å². The number of carbonyl (C=O) groups is 2. The molecule has 2 N–H and O–H groups in total. The molecule has 0 saturated carbocycles. The van der Waals surface area contributed by atoms with Crippen molar-refractivity contribution in [2.75, 3.05) is 7.11 Å². The Hall–Kier alpha value is -3.87. The maximum Gasteiger partial charge on any atom is 0.328 e. The predicted octanol–water partition coefficient (Wildman–Crippen LogP) is 3.48. The van der Waals surface area contributed by atoms with Crippen LogP contribution in [0.3, 0.4) is 0 Å². The Morgan fingerprint density at radius 2 is 1.87 bits per heavy atom. The summed E-state index contributed by atoms with van der Waals surface area (Å²) in [6.45, 7) is 3.83. The van der Waals surface area contributed by atoms with Crippen LogP contribution in [0, 0.1) is 13.8 Å². The molecule has 31 heavy (non-hydrogen) atoms. The van der Waals surface area contributed by atoms with Crippen LogP contribution in [-0.2, 0) is 16.0 Å². The molecule has 0 unspecified atom stereocenters. The number of hydrogen-bond acceptors (Lipinski definition) is 4. The number of nitrogens with one attached hydrogen (secondary N) is 2. The van der Waals surface area contributed by atoms with E-state index in [1.807, 2.05) is 68.6 Å². The third-order valence-corrected chi connectivity index (χ3v) is 5.49. The molecule has 0 fully saturated rings. The van der Waals surface area contributed by atoms with Crippen LogP contribution < -0.4 is 5.32 Å². The highest BCUT2D eigenvalue weighted by Gasteiger charge is 2.26. The number of rotatable bonds is 6.